The highest BCUT2D eigenvalue weighted by Crippen LogP contribution is 2.25. The number of carbonyl (C=O) groups excluding carboxylic acids is 2. The smallest absolute Gasteiger partial charge is 0.214 e. The van der Waals surface area contributed by atoms with Crippen LogP contribution in [0.15, 0.2) is 24.3 Å². The Morgan fingerprint density at radius 3 is 2.45 bits per heavy atom. The molecule has 0 spiro atoms. The molecular formula is C15H13ClN2O2. The van der Waals surface area contributed by atoms with Gasteiger partial charge in [0, 0.05) is 23.4 Å². The van der Waals surface area contributed by atoms with Gasteiger partial charge in [0.05, 0.1) is 0 Å². The average molecular weight is 289 g/mol. The maximum atomic E-state index is 12.4. The number of halogens is 1. The van der Waals surface area contributed by atoms with Gasteiger partial charge in [0.25, 0.3) is 0 Å². The fourth-order valence-electron chi connectivity index (χ4n) is 2.40. The molecule has 5 heteroatoms. The maximum absolute atomic E-state index is 12.4. The van der Waals surface area contributed by atoms with Crippen molar-refractivity contribution in [3.05, 3.63) is 52.6 Å². The molecule has 3 rings (SSSR count). The van der Waals surface area contributed by atoms with E-state index in [0.717, 1.165) is 12.8 Å². The molecule has 0 bridgehead atoms. The Morgan fingerprint density at radius 2 is 1.75 bits per heavy atom. The normalized spacial score (nSPS) is 13.2. The molecule has 0 amide bonds. The molecule has 0 fully saturated rings. The van der Waals surface area contributed by atoms with Crippen molar-refractivity contribution in [2.75, 3.05) is 5.88 Å². The van der Waals surface area contributed by atoms with Gasteiger partial charge in [-0.05, 0) is 12.8 Å². The van der Waals surface area contributed by atoms with E-state index in [1.807, 2.05) is 0 Å². The Labute approximate surface area is 121 Å². The standard InChI is InChI=1S/C15H13ClN2O2/c16-8-4-3-7-11-17-12-13(18-11)15(20)10-6-2-1-5-9(10)14(12)19/h1-2,5-6H,3-4,7-8H2,(H,17,18). The second-order valence-electron chi connectivity index (χ2n) is 4.76. The molecule has 0 saturated heterocycles. The highest BCUT2D eigenvalue weighted by atomic mass is 35.5. The lowest BCUT2D eigenvalue weighted by atomic mass is 9.90. The van der Waals surface area contributed by atoms with E-state index in [1.165, 1.54) is 0 Å². The van der Waals surface area contributed by atoms with Crippen LogP contribution in [-0.2, 0) is 6.42 Å². The number of hydrogen-bond acceptors (Lipinski definition) is 3. The van der Waals surface area contributed by atoms with Gasteiger partial charge in [0.15, 0.2) is 0 Å². The van der Waals surface area contributed by atoms with E-state index >= 15 is 0 Å². The van der Waals surface area contributed by atoms with E-state index in [2.05, 4.69) is 9.97 Å². The van der Waals surface area contributed by atoms with E-state index in [1.54, 1.807) is 24.3 Å². The summed E-state index contributed by atoms with van der Waals surface area (Å²) in [6.07, 6.45) is 2.46. The Kier molecular flexibility index (Phi) is 3.40. The minimum absolute atomic E-state index is 0.161. The number of carbonyl (C=O) groups is 2. The minimum atomic E-state index is -0.185. The van der Waals surface area contributed by atoms with Gasteiger partial charge in [0.1, 0.15) is 17.2 Å². The highest BCUT2D eigenvalue weighted by molar-refractivity contribution is 6.27. The number of benzene rings is 1. The summed E-state index contributed by atoms with van der Waals surface area (Å²) in [6, 6.07) is 6.85. The van der Waals surface area contributed by atoms with E-state index in [0.29, 0.717) is 34.9 Å². The van der Waals surface area contributed by atoms with Gasteiger partial charge in [-0.2, -0.15) is 0 Å². The Balaban J connectivity index is 1.97. The minimum Gasteiger partial charge on any atom is -0.339 e. The second-order valence-corrected chi connectivity index (χ2v) is 5.13. The van der Waals surface area contributed by atoms with Crippen LogP contribution in [0.3, 0.4) is 0 Å². The van der Waals surface area contributed by atoms with E-state index < -0.39 is 0 Å². The Bertz CT molecular complexity index is 638. The predicted molar refractivity (Wildman–Crippen MR) is 75.6 cm³/mol. The third-order valence-corrected chi connectivity index (χ3v) is 3.68. The van der Waals surface area contributed by atoms with Crippen LogP contribution in [0.4, 0.5) is 0 Å². The van der Waals surface area contributed by atoms with Crippen LogP contribution in [0.5, 0.6) is 0 Å². The number of nitrogens with one attached hydrogen (secondary N) is 1. The van der Waals surface area contributed by atoms with Crippen molar-refractivity contribution < 1.29 is 9.59 Å². The Hall–Kier alpha value is -1.94. The van der Waals surface area contributed by atoms with Gasteiger partial charge in [-0.15, -0.1) is 11.6 Å². The lowest BCUT2D eigenvalue weighted by Crippen LogP contribution is -2.20. The number of ketones is 2. The summed E-state index contributed by atoms with van der Waals surface area (Å²) >= 11 is 5.64. The quantitative estimate of drug-likeness (QED) is 0.593. The molecule has 1 N–H and O–H groups in total. The predicted octanol–water partition coefficient (Wildman–Crippen LogP) is 2.75. The zero-order chi connectivity index (χ0) is 14.1. The molecule has 0 unspecified atom stereocenters. The highest BCUT2D eigenvalue weighted by Gasteiger charge is 2.32. The number of alkyl halides is 1. The number of hydrogen-bond donors (Lipinski definition) is 1. The van der Waals surface area contributed by atoms with Gasteiger partial charge in [-0.1, -0.05) is 24.3 Å². The molecule has 0 saturated carbocycles. The van der Waals surface area contributed by atoms with Crippen molar-refractivity contribution in [2.24, 2.45) is 0 Å². The molecule has 1 aliphatic rings. The monoisotopic (exact) mass is 288 g/mol. The molecule has 4 nitrogen and oxygen atoms in total. The molecule has 0 atom stereocenters. The summed E-state index contributed by atoms with van der Waals surface area (Å²) in [4.78, 5) is 32.0. The van der Waals surface area contributed by atoms with Gasteiger partial charge < -0.3 is 4.98 Å². The number of fused-ring (bicyclic) bond motifs is 2. The average Bonchev–Trinajstić information content (AvgIpc) is 2.90. The van der Waals surface area contributed by atoms with Crippen LogP contribution in [0.2, 0.25) is 0 Å². The number of aryl methyl sites for hydroxylation is 1. The van der Waals surface area contributed by atoms with Gasteiger partial charge in [-0.25, -0.2) is 4.98 Å². The van der Waals surface area contributed by atoms with Crippen molar-refractivity contribution in [3.63, 3.8) is 0 Å². The first-order chi connectivity index (χ1) is 9.72. The zero-order valence-corrected chi connectivity index (χ0v) is 11.5. The summed E-state index contributed by atoms with van der Waals surface area (Å²) in [5, 5.41) is 0. The molecule has 0 radical (unpaired) electrons. The third-order valence-electron chi connectivity index (χ3n) is 3.41. The summed E-state index contributed by atoms with van der Waals surface area (Å²) in [5.74, 6) is 0.931. The fourth-order valence-corrected chi connectivity index (χ4v) is 2.59. The Morgan fingerprint density at radius 1 is 1.05 bits per heavy atom. The van der Waals surface area contributed by atoms with Crippen molar-refractivity contribution in [2.45, 2.75) is 19.3 Å². The number of unbranched alkanes of at least 4 members (excludes halogenated alkanes) is 1. The van der Waals surface area contributed by atoms with E-state index in [9.17, 15) is 9.59 Å². The lowest BCUT2D eigenvalue weighted by molar-refractivity contribution is 0.0974. The number of imidazole rings is 1. The van der Waals surface area contributed by atoms with Crippen molar-refractivity contribution >= 4 is 23.2 Å². The summed E-state index contributed by atoms with van der Waals surface area (Å²) in [7, 11) is 0. The summed E-state index contributed by atoms with van der Waals surface area (Å²) < 4.78 is 0. The number of nitrogens with zero attached hydrogens (tertiary/aromatic N) is 1. The number of aromatic nitrogens is 2. The fraction of sp³-hybridized carbons (Fsp3) is 0.267. The van der Waals surface area contributed by atoms with Gasteiger partial charge >= 0.3 is 0 Å². The van der Waals surface area contributed by atoms with Crippen molar-refractivity contribution in [3.8, 4) is 0 Å². The van der Waals surface area contributed by atoms with Crippen LogP contribution < -0.4 is 0 Å². The largest absolute Gasteiger partial charge is 0.339 e. The summed E-state index contributed by atoms with van der Waals surface area (Å²) in [6.45, 7) is 0. The van der Waals surface area contributed by atoms with E-state index in [4.69, 9.17) is 11.6 Å². The van der Waals surface area contributed by atoms with Crippen LogP contribution in [0.25, 0.3) is 0 Å². The van der Waals surface area contributed by atoms with Crippen molar-refractivity contribution in [1.82, 2.24) is 9.97 Å². The van der Waals surface area contributed by atoms with Crippen LogP contribution in [0.1, 0.15) is 50.8 Å². The zero-order valence-electron chi connectivity index (χ0n) is 10.8. The topological polar surface area (TPSA) is 62.8 Å². The molecule has 1 aromatic carbocycles. The molecular weight excluding hydrogens is 276 g/mol. The van der Waals surface area contributed by atoms with Crippen LogP contribution in [0, 0.1) is 0 Å². The lowest BCUT2D eigenvalue weighted by Gasteiger charge is -2.11. The second kappa shape index (κ2) is 5.21. The van der Waals surface area contributed by atoms with Crippen molar-refractivity contribution in [1.29, 1.82) is 0 Å². The molecule has 0 aliphatic heterocycles. The number of H-pyrrole nitrogens is 1. The van der Waals surface area contributed by atoms with Crippen LogP contribution >= 0.6 is 11.6 Å². The molecule has 102 valence electrons. The third kappa shape index (κ3) is 2.06. The SMILES string of the molecule is O=C1c2ccccc2C(=O)c2[nH]c(CCCCCl)nc21. The first kappa shape index (κ1) is 13.1. The molecule has 2 aromatic rings. The van der Waals surface area contributed by atoms with Gasteiger partial charge in [-0.3, -0.25) is 9.59 Å². The van der Waals surface area contributed by atoms with E-state index in [-0.39, 0.29) is 17.3 Å². The van der Waals surface area contributed by atoms with Gasteiger partial charge in [0.2, 0.25) is 11.6 Å². The summed E-state index contributed by atoms with van der Waals surface area (Å²) in [5.41, 5.74) is 1.44. The molecule has 1 heterocycles. The van der Waals surface area contributed by atoms with Crippen LogP contribution in [-0.4, -0.2) is 27.4 Å². The molecule has 1 aliphatic carbocycles. The maximum Gasteiger partial charge on any atom is 0.214 e. The molecule has 20 heavy (non-hydrogen) atoms. The number of aromatic amines is 1. The number of rotatable bonds is 4. The first-order valence-corrected chi connectivity index (χ1v) is 7.09. The molecule has 1 aromatic heterocycles. The first-order valence-electron chi connectivity index (χ1n) is 6.55.